The number of ether oxygens (including phenoxy) is 1. The third-order valence-corrected chi connectivity index (χ3v) is 4.49. The molecule has 1 unspecified atom stereocenters. The van der Waals surface area contributed by atoms with E-state index in [1.807, 2.05) is 13.8 Å². The molecule has 1 N–H and O–H groups in total. The van der Waals surface area contributed by atoms with Crippen molar-refractivity contribution in [2.24, 2.45) is 0 Å². The quantitative estimate of drug-likeness (QED) is 0.780. The zero-order chi connectivity index (χ0) is 15.2. The van der Waals surface area contributed by atoms with Crippen molar-refractivity contribution in [2.45, 2.75) is 44.0 Å². The molecule has 0 aromatic heterocycles. The van der Waals surface area contributed by atoms with E-state index in [1.54, 1.807) is 12.1 Å². The standard InChI is InChI=1S/C14H21NO4S/c1-4-5-11(2)15-20(17,18)13-8-6-12(7-9-13)10-14(16)19-3/h6-9,11,15H,4-5,10H2,1-3H3. The molecule has 0 aliphatic carbocycles. The minimum atomic E-state index is -3.50. The van der Waals surface area contributed by atoms with Gasteiger partial charge in [-0.15, -0.1) is 0 Å². The van der Waals surface area contributed by atoms with Crippen molar-refractivity contribution in [1.82, 2.24) is 4.72 Å². The van der Waals surface area contributed by atoms with Gasteiger partial charge in [0.1, 0.15) is 0 Å². The predicted molar refractivity (Wildman–Crippen MR) is 76.9 cm³/mol. The number of hydrogen-bond acceptors (Lipinski definition) is 4. The Hall–Kier alpha value is -1.40. The largest absolute Gasteiger partial charge is 0.469 e. The first kappa shape index (κ1) is 16.7. The van der Waals surface area contributed by atoms with Crippen molar-refractivity contribution in [1.29, 1.82) is 0 Å². The molecule has 1 aromatic rings. The Kier molecular flexibility index (Phi) is 6.16. The van der Waals surface area contributed by atoms with Crippen LogP contribution in [0.1, 0.15) is 32.3 Å². The highest BCUT2D eigenvalue weighted by Crippen LogP contribution is 2.12. The first-order valence-electron chi connectivity index (χ1n) is 6.57. The number of rotatable bonds is 7. The van der Waals surface area contributed by atoms with Gasteiger partial charge in [-0.2, -0.15) is 0 Å². The Bertz CT molecular complexity index is 537. The Morgan fingerprint density at radius 3 is 2.40 bits per heavy atom. The summed E-state index contributed by atoms with van der Waals surface area (Å²) < 4.78 is 31.4. The van der Waals surface area contributed by atoms with Crippen LogP contribution in [0.4, 0.5) is 0 Å². The highest BCUT2D eigenvalue weighted by Gasteiger charge is 2.16. The lowest BCUT2D eigenvalue weighted by Gasteiger charge is -2.13. The predicted octanol–water partition coefficient (Wildman–Crippen LogP) is 1.87. The van der Waals surface area contributed by atoms with Crippen molar-refractivity contribution in [3.05, 3.63) is 29.8 Å². The van der Waals surface area contributed by atoms with E-state index >= 15 is 0 Å². The number of nitrogens with one attached hydrogen (secondary N) is 1. The summed E-state index contributed by atoms with van der Waals surface area (Å²) >= 11 is 0. The minimum Gasteiger partial charge on any atom is -0.469 e. The second-order valence-corrected chi connectivity index (χ2v) is 6.42. The van der Waals surface area contributed by atoms with Crippen molar-refractivity contribution in [2.75, 3.05) is 7.11 Å². The summed E-state index contributed by atoms with van der Waals surface area (Å²) in [5.41, 5.74) is 0.720. The van der Waals surface area contributed by atoms with Crippen LogP contribution < -0.4 is 4.72 Å². The first-order chi connectivity index (χ1) is 9.39. The van der Waals surface area contributed by atoms with Gasteiger partial charge < -0.3 is 4.74 Å². The van der Waals surface area contributed by atoms with Crippen molar-refractivity contribution in [3.63, 3.8) is 0 Å². The molecule has 1 aromatic carbocycles. The zero-order valence-electron chi connectivity index (χ0n) is 12.0. The Morgan fingerprint density at radius 1 is 1.30 bits per heavy atom. The monoisotopic (exact) mass is 299 g/mol. The lowest BCUT2D eigenvalue weighted by Crippen LogP contribution is -2.32. The molecule has 0 spiro atoms. The van der Waals surface area contributed by atoms with E-state index in [1.165, 1.54) is 19.2 Å². The summed E-state index contributed by atoms with van der Waals surface area (Å²) in [6.45, 7) is 3.85. The van der Waals surface area contributed by atoms with Crippen LogP contribution in [-0.2, 0) is 26.0 Å². The van der Waals surface area contributed by atoms with E-state index in [2.05, 4.69) is 9.46 Å². The minimum absolute atomic E-state index is 0.0975. The fourth-order valence-corrected chi connectivity index (χ4v) is 3.13. The molecule has 6 heteroatoms. The summed E-state index contributed by atoms with van der Waals surface area (Å²) in [5.74, 6) is -0.352. The van der Waals surface area contributed by atoms with E-state index in [9.17, 15) is 13.2 Å². The number of methoxy groups -OCH3 is 1. The molecule has 112 valence electrons. The fourth-order valence-electron chi connectivity index (χ4n) is 1.85. The highest BCUT2D eigenvalue weighted by atomic mass is 32.2. The maximum absolute atomic E-state index is 12.1. The van der Waals surface area contributed by atoms with Crippen LogP contribution in [0, 0.1) is 0 Å². The summed E-state index contributed by atoms with van der Waals surface area (Å²) in [7, 11) is -2.18. The van der Waals surface area contributed by atoms with Crippen LogP contribution in [0.2, 0.25) is 0 Å². The molecule has 0 aliphatic rings. The Balaban J connectivity index is 2.79. The van der Waals surface area contributed by atoms with Gasteiger partial charge in [0.2, 0.25) is 10.0 Å². The Morgan fingerprint density at radius 2 is 1.90 bits per heavy atom. The normalized spacial score (nSPS) is 12.9. The molecule has 0 fully saturated rings. The molecule has 0 bridgehead atoms. The summed E-state index contributed by atoms with van der Waals surface area (Å²) in [6.07, 6.45) is 1.85. The molecule has 0 saturated heterocycles. The van der Waals surface area contributed by atoms with Crippen LogP contribution in [0.3, 0.4) is 0 Å². The number of sulfonamides is 1. The van der Waals surface area contributed by atoms with E-state index in [-0.39, 0.29) is 23.3 Å². The van der Waals surface area contributed by atoms with Crippen molar-refractivity contribution >= 4 is 16.0 Å². The van der Waals surface area contributed by atoms with Gasteiger partial charge in [-0.1, -0.05) is 25.5 Å². The molecule has 0 saturated carbocycles. The molecule has 5 nitrogen and oxygen atoms in total. The molecule has 0 heterocycles. The van der Waals surface area contributed by atoms with E-state index in [4.69, 9.17) is 0 Å². The number of benzene rings is 1. The zero-order valence-corrected chi connectivity index (χ0v) is 12.9. The SMILES string of the molecule is CCCC(C)NS(=O)(=O)c1ccc(CC(=O)OC)cc1. The average Bonchev–Trinajstić information content (AvgIpc) is 2.38. The molecule has 0 radical (unpaired) electrons. The van der Waals surface area contributed by atoms with Gasteiger partial charge >= 0.3 is 5.97 Å². The summed E-state index contributed by atoms with van der Waals surface area (Å²) in [4.78, 5) is 11.3. The van der Waals surface area contributed by atoms with Crippen LogP contribution in [0.25, 0.3) is 0 Å². The van der Waals surface area contributed by atoms with E-state index < -0.39 is 10.0 Å². The van der Waals surface area contributed by atoms with Crippen LogP contribution in [-0.4, -0.2) is 27.5 Å². The van der Waals surface area contributed by atoms with E-state index in [0.717, 1.165) is 18.4 Å². The fraction of sp³-hybridized carbons (Fsp3) is 0.500. The van der Waals surface area contributed by atoms with Gasteiger partial charge in [-0.05, 0) is 31.0 Å². The molecule has 1 rings (SSSR count). The molecule has 1 atom stereocenters. The summed E-state index contributed by atoms with van der Waals surface area (Å²) in [6, 6.07) is 6.14. The third kappa shape index (κ3) is 4.94. The average molecular weight is 299 g/mol. The lowest BCUT2D eigenvalue weighted by atomic mass is 10.2. The van der Waals surface area contributed by atoms with Crippen LogP contribution in [0.15, 0.2) is 29.2 Å². The second kappa shape index (κ2) is 7.40. The van der Waals surface area contributed by atoms with Gasteiger partial charge in [-0.25, -0.2) is 13.1 Å². The number of carbonyl (C=O) groups excluding carboxylic acids is 1. The lowest BCUT2D eigenvalue weighted by molar-refractivity contribution is -0.139. The number of carbonyl (C=O) groups is 1. The van der Waals surface area contributed by atoms with E-state index in [0.29, 0.717) is 0 Å². The topological polar surface area (TPSA) is 72.5 Å². The maximum atomic E-state index is 12.1. The van der Waals surface area contributed by atoms with Gasteiger partial charge in [0, 0.05) is 6.04 Å². The molecule has 20 heavy (non-hydrogen) atoms. The molecule has 0 aliphatic heterocycles. The second-order valence-electron chi connectivity index (χ2n) is 4.71. The third-order valence-electron chi connectivity index (χ3n) is 2.89. The van der Waals surface area contributed by atoms with Gasteiger partial charge in [0.05, 0.1) is 18.4 Å². The van der Waals surface area contributed by atoms with Gasteiger partial charge in [-0.3, -0.25) is 4.79 Å². The smallest absolute Gasteiger partial charge is 0.309 e. The van der Waals surface area contributed by atoms with Gasteiger partial charge in [0.25, 0.3) is 0 Å². The van der Waals surface area contributed by atoms with Crippen molar-refractivity contribution in [3.8, 4) is 0 Å². The number of esters is 1. The van der Waals surface area contributed by atoms with Crippen molar-refractivity contribution < 1.29 is 17.9 Å². The highest BCUT2D eigenvalue weighted by molar-refractivity contribution is 7.89. The molecule has 0 amide bonds. The summed E-state index contributed by atoms with van der Waals surface area (Å²) in [5, 5.41) is 0. The first-order valence-corrected chi connectivity index (χ1v) is 8.05. The van der Waals surface area contributed by atoms with Crippen LogP contribution >= 0.6 is 0 Å². The maximum Gasteiger partial charge on any atom is 0.309 e. The van der Waals surface area contributed by atoms with Crippen LogP contribution in [0.5, 0.6) is 0 Å². The Labute approximate surface area is 120 Å². The molecular formula is C14H21NO4S. The number of hydrogen-bond donors (Lipinski definition) is 1. The molecular weight excluding hydrogens is 278 g/mol. The van der Waals surface area contributed by atoms with Gasteiger partial charge in [0.15, 0.2) is 0 Å².